The van der Waals surface area contributed by atoms with Gasteiger partial charge in [-0.15, -0.1) is 0 Å². The second-order valence-corrected chi connectivity index (χ2v) is 2.38. The summed E-state index contributed by atoms with van der Waals surface area (Å²) in [6.07, 6.45) is 0. The Kier molecular flexibility index (Phi) is 2.90. The van der Waals surface area contributed by atoms with E-state index in [1.54, 1.807) is 18.2 Å². The fraction of sp³-hybridized carbons (Fsp3) is 0. The van der Waals surface area contributed by atoms with Crippen molar-refractivity contribution in [3.05, 3.63) is 46.0 Å². The van der Waals surface area contributed by atoms with E-state index in [0.29, 0.717) is 0 Å². The average Bonchev–Trinajstić information content (AvgIpc) is 2.19. The van der Waals surface area contributed by atoms with Crippen LogP contribution in [0.15, 0.2) is 35.5 Å². The fourth-order valence-electron chi connectivity index (χ4n) is 0.883. The molecule has 0 aliphatic carbocycles. The molecule has 6 nitrogen and oxygen atoms in total. The Bertz CT molecular complexity index is 386. The van der Waals surface area contributed by atoms with Gasteiger partial charge in [0.2, 0.25) is 0 Å². The second-order valence-electron chi connectivity index (χ2n) is 2.38. The Balaban J connectivity index is 3.02. The third kappa shape index (κ3) is 1.92. The van der Waals surface area contributed by atoms with Crippen molar-refractivity contribution in [1.29, 1.82) is 0 Å². The average molecular weight is 194 g/mol. The lowest BCUT2D eigenvalue weighted by atomic mass is 10.1. The molecule has 0 unspecified atom stereocenters. The largest absolute Gasteiger partial charge is 0.457 e. The van der Waals surface area contributed by atoms with Crippen molar-refractivity contribution in [1.82, 2.24) is 0 Å². The molecule has 1 aromatic rings. The Hall–Kier alpha value is -2.24. The number of carbonyl (C=O) groups excluding carboxylic acids is 1. The molecule has 0 radical (unpaired) electrons. The predicted molar refractivity (Wildman–Crippen MR) is 47.0 cm³/mol. The van der Waals surface area contributed by atoms with Gasteiger partial charge in [0.15, 0.2) is 5.16 Å². The monoisotopic (exact) mass is 194 g/mol. The molecular formula is C8H6N2O4. The van der Waals surface area contributed by atoms with Gasteiger partial charge in [-0.3, -0.25) is 4.79 Å². The number of carbonyl (C=O) groups is 1. The summed E-state index contributed by atoms with van der Waals surface area (Å²) >= 11 is 0. The van der Waals surface area contributed by atoms with Crippen LogP contribution < -0.4 is 0 Å². The van der Waals surface area contributed by atoms with Gasteiger partial charge in [-0.1, -0.05) is 30.3 Å². The second kappa shape index (κ2) is 4.13. The number of hydrogen-bond acceptors (Lipinski definition) is 5. The maximum atomic E-state index is 11.3. The van der Waals surface area contributed by atoms with Gasteiger partial charge in [-0.25, -0.2) is 0 Å². The molecule has 0 heterocycles. The molecule has 6 heteroatoms. The summed E-state index contributed by atoms with van der Waals surface area (Å²) in [4.78, 5) is 20.5. The molecular weight excluding hydrogens is 188 g/mol. The van der Waals surface area contributed by atoms with Crippen molar-refractivity contribution < 1.29 is 14.9 Å². The van der Waals surface area contributed by atoms with Crippen LogP contribution in [-0.4, -0.2) is 21.7 Å². The molecule has 0 aliphatic heterocycles. The summed E-state index contributed by atoms with van der Waals surface area (Å²) < 4.78 is 0. The highest BCUT2D eigenvalue weighted by molar-refractivity contribution is 6.41. The van der Waals surface area contributed by atoms with E-state index in [1.807, 2.05) is 0 Å². The first-order valence-corrected chi connectivity index (χ1v) is 3.63. The number of amidine groups is 1. The van der Waals surface area contributed by atoms with Crippen LogP contribution in [0.5, 0.6) is 0 Å². The van der Waals surface area contributed by atoms with Gasteiger partial charge in [0.25, 0.3) is 5.78 Å². The molecule has 72 valence electrons. The first-order chi connectivity index (χ1) is 6.66. The van der Waals surface area contributed by atoms with Gasteiger partial charge in [0.05, 0.1) is 0 Å². The van der Waals surface area contributed by atoms with Crippen molar-refractivity contribution in [3.63, 3.8) is 0 Å². The third-order valence-electron chi connectivity index (χ3n) is 1.51. The SMILES string of the molecule is O=C(C(=NO)[N+](=O)[O-])c1ccccc1. The number of nitro groups is 1. The molecule has 0 aliphatic rings. The van der Waals surface area contributed by atoms with Crippen LogP contribution in [0.4, 0.5) is 0 Å². The third-order valence-corrected chi connectivity index (χ3v) is 1.51. The summed E-state index contributed by atoms with van der Waals surface area (Å²) in [5.41, 5.74) is 0.108. The van der Waals surface area contributed by atoms with Crippen molar-refractivity contribution >= 4 is 11.6 Å². The summed E-state index contributed by atoms with van der Waals surface area (Å²) in [6, 6.07) is 7.58. The maximum absolute atomic E-state index is 11.3. The van der Waals surface area contributed by atoms with Gasteiger partial charge >= 0.3 is 5.84 Å². The highest BCUT2D eigenvalue weighted by Gasteiger charge is 2.25. The molecule has 0 amide bonds. The number of benzene rings is 1. The zero-order valence-corrected chi connectivity index (χ0v) is 6.95. The van der Waals surface area contributed by atoms with Gasteiger partial charge in [-0.2, -0.15) is 0 Å². The Morgan fingerprint density at radius 1 is 1.36 bits per heavy atom. The lowest BCUT2D eigenvalue weighted by Gasteiger charge is -1.95. The number of Topliss-reactive ketones (excluding diaryl/α,β-unsaturated/α-hetero) is 1. The number of nitrogens with zero attached hydrogens (tertiary/aromatic N) is 2. The Morgan fingerprint density at radius 2 is 1.93 bits per heavy atom. The summed E-state index contributed by atoms with van der Waals surface area (Å²) in [5.74, 6) is -2.01. The zero-order valence-electron chi connectivity index (χ0n) is 6.95. The lowest BCUT2D eigenvalue weighted by Crippen LogP contribution is -2.23. The van der Waals surface area contributed by atoms with E-state index in [0.717, 1.165) is 0 Å². The van der Waals surface area contributed by atoms with Gasteiger partial charge in [0, 0.05) is 5.56 Å². The molecule has 0 spiro atoms. The molecule has 1 N–H and O–H groups in total. The molecule has 0 aromatic heterocycles. The predicted octanol–water partition coefficient (Wildman–Crippen LogP) is 0.934. The summed E-state index contributed by atoms with van der Waals surface area (Å²) in [7, 11) is 0. The quantitative estimate of drug-likeness (QED) is 0.189. The van der Waals surface area contributed by atoms with Crippen LogP contribution in [0.25, 0.3) is 0 Å². The Labute approximate surface area is 78.6 Å². The first kappa shape index (κ1) is 9.85. The van der Waals surface area contributed by atoms with E-state index in [4.69, 9.17) is 5.21 Å². The first-order valence-electron chi connectivity index (χ1n) is 3.63. The summed E-state index contributed by atoms with van der Waals surface area (Å²) in [5, 5.41) is 20.8. The normalized spacial score (nSPS) is 11.0. The smallest absolute Gasteiger partial charge is 0.358 e. The number of rotatable bonds is 2. The molecule has 0 fully saturated rings. The van der Waals surface area contributed by atoms with E-state index >= 15 is 0 Å². The highest BCUT2D eigenvalue weighted by Crippen LogP contribution is 2.01. The number of hydrogen-bond donors (Lipinski definition) is 1. The lowest BCUT2D eigenvalue weighted by molar-refractivity contribution is -0.349. The van der Waals surface area contributed by atoms with E-state index in [-0.39, 0.29) is 5.56 Å². The minimum Gasteiger partial charge on any atom is -0.358 e. The van der Waals surface area contributed by atoms with Crippen molar-refractivity contribution in [2.75, 3.05) is 0 Å². The van der Waals surface area contributed by atoms with Crippen molar-refractivity contribution in [3.8, 4) is 0 Å². The molecule has 0 atom stereocenters. The number of ketones is 1. The van der Waals surface area contributed by atoms with Crippen molar-refractivity contribution in [2.45, 2.75) is 0 Å². The van der Waals surface area contributed by atoms with Crippen LogP contribution in [0.3, 0.4) is 0 Å². The highest BCUT2D eigenvalue weighted by atomic mass is 16.6. The van der Waals surface area contributed by atoms with Crippen LogP contribution in [-0.2, 0) is 0 Å². The van der Waals surface area contributed by atoms with Crippen LogP contribution in [0, 0.1) is 10.1 Å². The molecule has 1 aromatic carbocycles. The topological polar surface area (TPSA) is 92.8 Å². The van der Waals surface area contributed by atoms with Gasteiger partial charge in [0.1, 0.15) is 0 Å². The molecule has 0 saturated carbocycles. The summed E-state index contributed by atoms with van der Waals surface area (Å²) in [6.45, 7) is 0. The molecule has 0 saturated heterocycles. The maximum Gasteiger partial charge on any atom is 0.457 e. The van der Waals surface area contributed by atoms with Crippen LogP contribution in [0.2, 0.25) is 0 Å². The minimum atomic E-state index is -1.09. The standard InChI is InChI=1S/C8H6N2O4/c11-7(8(9-12)10(13)14)6-4-2-1-3-5-6/h1-5,12H. The van der Waals surface area contributed by atoms with Crippen LogP contribution >= 0.6 is 0 Å². The molecule has 0 bridgehead atoms. The van der Waals surface area contributed by atoms with E-state index in [1.165, 1.54) is 12.1 Å². The van der Waals surface area contributed by atoms with Gasteiger partial charge < -0.3 is 15.3 Å². The van der Waals surface area contributed by atoms with Crippen LogP contribution in [0.1, 0.15) is 10.4 Å². The minimum absolute atomic E-state index is 0.108. The van der Waals surface area contributed by atoms with E-state index in [9.17, 15) is 14.9 Å². The van der Waals surface area contributed by atoms with Gasteiger partial charge in [-0.05, 0) is 4.92 Å². The Morgan fingerprint density at radius 3 is 2.36 bits per heavy atom. The van der Waals surface area contributed by atoms with E-state index < -0.39 is 16.5 Å². The van der Waals surface area contributed by atoms with Crippen molar-refractivity contribution in [2.24, 2.45) is 5.16 Å². The number of oxime groups is 1. The fourth-order valence-corrected chi connectivity index (χ4v) is 0.883. The van der Waals surface area contributed by atoms with E-state index in [2.05, 4.69) is 5.16 Å². The molecule has 14 heavy (non-hydrogen) atoms. The molecule has 1 rings (SSSR count). The zero-order chi connectivity index (χ0) is 10.6.